The minimum Gasteiger partial charge on any atom is -0.374 e. The first kappa shape index (κ1) is 15.3. The maximum Gasteiger partial charge on any atom is 0.112 e. The van der Waals surface area contributed by atoms with E-state index in [1.54, 1.807) is 6.20 Å². The van der Waals surface area contributed by atoms with Crippen LogP contribution in [0.5, 0.6) is 0 Å². The Hall–Kier alpha value is -2.55. The molecule has 1 fully saturated rings. The van der Waals surface area contributed by atoms with Crippen molar-refractivity contribution in [3.63, 3.8) is 0 Å². The predicted octanol–water partition coefficient (Wildman–Crippen LogP) is 3.31. The molecule has 120 valence electrons. The molecule has 1 atom stereocenters. The molecule has 0 bridgehead atoms. The lowest BCUT2D eigenvalue weighted by molar-refractivity contribution is 0.314. The van der Waals surface area contributed by atoms with Crippen LogP contribution in [0, 0.1) is 22.7 Å². The van der Waals surface area contributed by atoms with Crippen molar-refractivity contribution in [3.05, 3.63) is 35.8 Å². The number of nitrogens with zero attached hydrogens (tertiary/aromatic N) is 3. The molecule has 0 aromatic carbocycles. The van der Waals surface area contributed by atoms with Crippen molar-refractivity contribution in [1.29, 1.82) is 10.7 Å². The molecule has 1 saturated carbocycles. The minimum absolute atomic E-state index is 0.124. The van der Waals surface area contributed by atoms with Gasteiger partial charge in [-0.2, -0.15) is 10.4 Å². The molecular weight excluding hydrogens is 288 g/mol. The molecule has 0 aliphatic heterocycles. The molecule has 1 aliphatic carbocycles. The topological polar surface area (TPSA) is 93.3 Å². The molecule has 2 heterocycles. The number of rotatable bonds is 6. The lowest BCUT2D eigenvalue weighted by Gasteiger charge is -2.21. The van der Waals surface area contributed by atoms with Gasteiger partial charge in [0.05, 0.1) is 30.4 Å². The van der Waals surface area contributed by atoms with Gasteiger partial charge in [-0.05, 0) is 24.8 Å². The van der Waals surface area contributed by atoms with E-state index < -0.39 is 0 Å². The van der Waals surface area contributed by atoms with Crippen molar-refractivity contribution in [2.24, 2.45) is 5.92 Å². The molecule has 2 aromatic rings. The van der Waals surface area contributed by atoms with Crippen molar-refractivity contribution in [2.75, 3.05) is 12.4 Å². The standard InChI is InChI=1S/C17H22N6/c1-20-17-14(7-9-21-17)16(19)13-10-22-23(11-13)15(6-8-18)12-4-2-3-5-12/h7,9-12,15,19-21H,2-6H2,1H3. The van der Waals surface area contributed by atoms with Crippen LogP contribution in [0.1, 0.15) is 49.3 Å². The molecule has 0 amide bonds. The second-order valence-corrected chi connectivity index (χ2v) is 6.07. The van der Waals surface area contributed by atoms with Gasteiger partial charge in [0.2, 0.25) is 0 Å². The van der Waals surface area contributed by atoms with Crippen LogP contribution < -0.4 is 5.32 Å². The van der Waals surface area contributed by atoms with E-state index in [2.05, 4.69) is 21.5 Å². The lowest BCUT2D eigenvalue weighted by Crippen LogP contribution is -2.17. The largest absolute Gasteiger partial charge is 0.374 e. The van der Waals surface area contributed by atoms with Gasteiger partial charge in [0.15, 0.2) is 0 Å². The van der Waals surface area contributed by atoms with Gasteiger partial charge in [0.25, 0.3) is 0 Å². The number of anilines is 1. The second-order valence-electron chi connectivity index (χ2n) is 6.07. The number of hydrogen-bond donors (Lipinski definition) is 3. The predicted molar refractivity (Wildman–Crippen MR) is 89.7 cm³/mol. The number of nitrogens with one attached hydrogen (secondary N) is 3. The lowest BCUT2D eigenvalue weighted by atomic mass is 9.96. The summed E-state index contributed by atoms with van der Waals surface area (Å²) in [5.74, 6) is 1.35. The molecule has 1 aliphatic rings. The summed E-state index contributed by atoms with van der Waals surface area (Å²) in [7, 11) is 1.83. The zero-order valence-corrected chi connectivity index (χ0v) is 13.3. The van der Waals surface area contributed by atoms with Crippen molar-refractivity contribution >= 4 is 11.5 Å². The van der Waals surface area contributed by atoms with Crippen LogP contribution in [-0.4, -0.2) is 27.5 Å². The molecular formula is C17H22N6. The van der Waals surface area contributed by atoms with Crippen molar-refractivity contribution in [2.45, 2.75) is 38.1 Å². The van der Waals surface area contributed by atoms with Crippen LogP contribution in [0.2, 0.25) is 0 Å². The summed E-state index contributed by atoms with van der Waals surface area (Å²) in [6.45, 7) is 0. The van der Waals surface area contributed by atoms with Gasteiger partial charge in [0.1, 0.15) is 5.82 Å². The second kappa shape index (κ2) is 6.69. The average molecular weight is 310 g/mol. The van der Waals surface area contributed by atoms with Gasteiger partial charge in [-0.1, -0.05) is 12.8 Å². The molecule has 6 nitrogen and oxygen atoms in total. The Morgan fingerprint density at radius 2 is 2.35 bits per heavy atom. The smallest absolute Gasteiger partial charge is 0.112 e. The molecule has 3 rings (SSSR count). The highest BCUT2D eigenvalue weighted by molar-refractivity contribution is 6.13. The van der Waals surface area contributed by atoms with E-state index in [1.165, 1.54) is 25.7 Å². The van der Waals surface area contributed by atoms with Crippen LogP contribution in [-0.2, 0) is 0 Å². The minimum atomic E-state index is 0.124. The van der Waals surface area contributed by atoms with Crippen molar-refractivity contribution in [1.82, 2.24) is 14.8 Å². The van der Waals surface area contributed by atoms with Gasteiger partial charge in [0, 0.05) is 30.6 Å². The third-order valence-corrected chi connectivity index (χ3v) is 4.74. The van der Waals surface area contributed by atoms with Crippen LogP contribution in [0.15, 0.2) is 24.7 Å². The van der Waals surface area contributed by atoms with E-state index in [0.717, 1.165) is 16.9 Å². The summed E-state index contributed by atoms with van der Waals surface area (Å²) in [5, 5.41) is 25.1. The Balaban J connectivity index is 1.84. The number of aromatic amines is 1. The Kier molecular flexibility index (Phi) is 4.47. The van der Waals surface area contributed by atoms with Gasteiger partial charge in [-0.15, -0.1) is 0 Å². The molecule has 1 unspecified atom stereocenters. The Morgan fingerprint density at radius 1 is 1.57 bits per heavy atom. The van der Waals surface area contributed by atoms with E-state index in [9.17, 15) is 0 Å². The maximum atomic E-state index is 9.15. The Morgan fingerprint density at radius 3 is 3.04 bits per heavy atom. The fraction of sp³-hybridized carbons (Fsp3) is 0.471. The fourth-order valence-corrected chi connectivity index (χ4v) is 3.50. The van der Waals surface area contributed by atoms with E-state index in [-0.39, 0.29) is 6.04 Å². The first-order valence-electron chi connectivity index (χ1n) is 8.10. The van der Waals surface area contributed by atoms with Crippen molar-refractivity contribution in [3.8, 4) is 6.07 Å². The number of H-pyrrole nitrogens is 1. The summed E-state index contributed by atoms with van der Waals surface area (Å²) >= 11 is 0. The number of aromatic nitrogens is 3. The Labute approximate surface area is 136 Å². The SMILES string of the molecule is CNc1[nH]ccc1C(=N)c1cnn(C(CC#N)C2CCCC2)c1. The van der Waals surface area contributed by atoms with E-state index in [4.69, 9.17) is 10.7 Å². The average Bonchev–Trinajstić information content (AvgIpc) is 3.33. The summed E-state index contributed by atoms with van der Waals surface area (Å²) < 4.78 is 1.90. The third-order valence-electron chi connectivity index (χ3n) is 4.74. The maximum absolute atomic E-state index is 9.15. The van der Waals surface area contributed by atoms with Crippen LogP contribution in [0.4, 0.5) is 5.82 Å². The summed E-state index contributed by atoms with van der Waals surface area (Å²) in [4.78, 5) is 3.08. The van der Waals surface area contributed by atoms with E-state index >= 15 is 0 Å². The number of hydrogen-bond acceptors (Lipinski definition) is 4. The third kappa shape index (κ3) is 3.00. The quantitative estimate of drug-likeness (QED) is 0.714. The molecule has 0 radical (unpaired) electrons. The van der Waals surface area contributed by atoms with Gasteiger partial charge in [-0.3, -0.25) is 10.1 Å². The normalized spacial score (nSPS) is 16.2. The molecule has 3 N–H and O–H groups in total. The highest BCUT2D eigenvalue weighted by atomic mass is 15.3. The molecule has 0 spiro atoms. The highest BCUT2D eigenvalue weighted by Crippen LogP contribution is 2.35. The summed E-state index contributed by atoms with van der Waals surface area (Å²) in [5.41, 5.74) is 2.04. The van der Waals surface area contributed by atoms with E-state index in [0.29, 0.717) is 18.1 Å². The first-order chi connectivity index (χ1) is 11.2. The molecule has 6 heteroatoms. The van der Waals surface area contributed by atoms with Gasteiger partial charge >= 0.3 is 0 Å². The van der Waals surface area contributed by atoms with Gasteiger partial charge < -0.3 is 10.3 Å². The Bertz CT molecular complexity index is 714. The monoisotopic (exact) mass is 310 g/mol. The molecule has 2 aromatic heterocycles. The van der Waals surface area contributed by atoms with Gasteiger partial charge in [-0.25, -0.2) is 0 Å². The van der Waals surface area contributed by atoms with Crippen molar-refractivity contribution < 1.29 is 0 Å². The van der Waals surface area contributed by atoms with Crippen LogP contribution >= 0.6 is 0 Å². The zero-order chi connectivity index (χ0) is 16.2. The first-order valence-corrected chi connectivity index (χ1v) is 8.10. The number of nitriles is 1. The van der Waals surface area contributed by atoms with Crippen LogP contribution in [0.25, 0.3) is 0 Å². The molecule has 0 saturated heterocycles. The highest BCUT2D eigenvalue weighted by Gasteiger charge is 2.27. The fourth-order valence-electron chi connectivity index (χ4n) is 3.50. The summed E-state index contributed by atoms with van der Waals surface area (Å²) in [6, 6.07) is 4.31. The molecule has 23 heavy (non-hydrogen) atoms. The zero-order valence-electron chi connectivity index (χ0n) is 13.3. The summed E-state index contributed by atoms with van der Waals surface area (Å²) in [6.07, 6.45) is 10.8. The van der Waals surface area contributed by atoms with E-state index in [1.807, 2.05) is 30.2 Å². The van der Waals surface area contributed by atoms with Crippen LogP contribution in [0.3, 0.4) is 0 Å².